The molecule has 4 aliphatic rings. The van der Waals surface area contributed by atoms with Crippen LogP contribution in [0.25, 0.3) is 0 Å². The highest BCUT2D eigenvalue weighted by atomic mass is 16.6. The second-order valence-electron chi connectivity index (χ2n) is 10.6. The van der Waals surface area contributed by atoms with Gasteiger partial charge in [-0.3, -0.25) is 4.79 Å². The Bertz CT molecular complexity index is 1060. The minimum atomic E-state index is -0.133. The molecule has 2 bridgehead atoms. The first-order valence-electron chi connectivity index (χ1n) is 13.1. The lowest BCUT2D eigenvalue weighted by Crippen LogP contribution is -2.57. The second-order valence-corrected chi connectivity index (χ2v) is 10.6. The number of carbonyl (C=O) groups excluding carboxylic acids is 2. The Morgan fingerprint density at radius 1 is 1.09 bits per heavy atom. The van der Waals surface area contributed by atoms with Crippen LogP contribution in [-0.2, 0) is 16.7 Å². The average Bonchev–Trinajstić information content (AvgIpc) is 3.50. The van der Waals surface area contributed by atoms with Gasteiger partial charge in [-0.1, -0.05) is 29.4 Å². The van der Waals surface area contributed by atoms with Crippen molar-refractivity contribution in [3.8, 4) is 0 Å². The molecule has 3 saturated heterocycles. The van der Waals surface area contributed by atoms with Crippen LogP contribution in [0.3, 0.4) is 0 Å². The molecular weight excluding hydrogens is 444 g/mol. The maximum Gasteiger partial charge on any atom is 0.410 e. The number of carbonyl (C=O) groups is 2. The molecule has 8 nitrogen and oxygen atoms in total. The monoisotopic (exact) mass is 478 g/mol. The Balaban J connectivity index is 1.17. The first kappa shape index (κ1) is 22.6. The molecule has 2 aromatic rings. The van der Waals surface area contributed by atoms with Crippen molar-refractivity contribution in [3.63, 3.8) is 0 Å². The van der Waals surface area contributed by atoms with Crippen LogP contribution in [0.2, 0.25) is 0 Å². The van der Waals surface area contributed by atoms with Gasteiger partial charge in [0.1, 0.15) is 0 Å². The quantitative estimate of drug-likeness (QED) is 0.668. The van der Waals surface area contributed by atoms with Crippen LogP contribution in [0.5, 0.6) is 0 Å². The highest BCUT2D eigenvalue weighted by molar-refractivity contribution is 5.91. The summed E-state index contributed by atoms with van der Waals surface area (Å²) in [6.45, 7) is 5.66. The third-order valence-corrected chi connectivity index (χ3v) is 8.84. The van der Waals surface area contributed by atoms with Crippen molar-refractivity contribution in [2.45, 2.75) is 75.5 Å². The molecule has 6 rings (SSSR count). The zero-order valence-corrected chi connectivity index (χ0v) is 20.4. The van der Waals surface area contributed by atoms with E-state index in [2.05, 4.69) is 34.3 Å². The van der Waals surface area contributed by atoms with Gasteiger partial charge >= 0.3 is 6.09 Å². The summed E-state index contributed by atoms with van der Waals surface area (Å²) >= 11 is 0. The largest absolute Gasteiger partial charge is 0.450 e. The number of likely N-dealkylation sites (tertiary alicyclic amines) is 1. The second kappa shape index (κ2) is 8.97. The Labute approximate surface area is 206 Å². The van der Waals surface area contributed by atoms with Crippen LogP contribution in [0.15, 0.2) is 41.1 Å². The molecule has 0 saturated carbocycles. The first-order valence-corrected chi connectivity index (χ1v) is 13.1. The maximum atomic E-state index is 13.2. The van der Waals surface area contributed by atoms with Crippen molar-refractivity contribution in [2.75, 3.05) is 26.2 Å². The minimum Gasteiger partial charge on any atom is -0.450 e. The Morgan fingerprint density at radius 3 is 2.51 bits per heavy atom. The average molecular weight is 479 g/mol. The van der Waals surface area contributed by atoms with Crippen LogP contribution in [0.4, 0.5) is 4.79 Å². The van der Waals surface area contributed by atoms with Gasteiger partial charge in [-0.2, -0.15) is 0 Å². The van der Waals surface area contributed by atoms with E-state index in [9.17, 15) is 9.59 Å². The molecule has 0 aliphatic carbocycles. The summed E-state index contributed by atoms with van der Waals surface area (Å²) in [6.07, 6.45) is 7.69. The molecule has 2 unspecified atom stereocenters. The number of nitrogens with zero attached hydrogens (tertiary/aromatic N) is 4. The van der Waals surface area contributed by atoms with Gasteiger partial charge < -0.3 is 24.0 Å². The van der Waals surface area contributed by atoms with E-state index in [1.54, 1.807) is 6.07 Å². The van der Waals surface area contributed by atoms with E-state index in [0.29, 0.717) is 43.6 Å². The minimum absolute atomic E-state index is 0.0361. The van der Waals surface area contributed by atoms with E-state index in [1.165, 1.54) is 17.3 Å². The van der Waals surface area contributed by atoms with Gasteiger partial charge in [-0.15, -0.1) is 0 Å². The van der Waals surface area contributed by atoms with Crippen molar-refractivity contribution >= 4 is 12.0 Å². The molecule has 5 heterocycles. The van der Waals surface area contributed by atoms with E-state index in [1.807, 2.05) is 16.7 Å². The molecule has 0 N–H and O–H groups in total. The maximum absolute atomic E-state index is 13.2. The highest BCUT2D eigenvalue weighted by Crippen LogP contribution is 2.44. The molecule has 2 amide bonds. The number of aromatic nitrogens is 1. The fraction of sp³-hybridized carbons (Fsp3) is 0.593. The van der Waals surface area contributed by atoms with Crippen LogP contribution >= 0.6 is 0 Å². The molecule has 8 heteroatoms. The smallest absolute Gasteiger partial charge is 0.410 e. The third kappa shape index (κ3) is 3.92. The van der Waals surface area contributed by atoms with E-state index in [0.717, 1.165) is 51.6 Å². The van der Waals surface area contributed by atoms with Crippen molar-refractivity contribution < 1.29 is 18.8 Å². The van der Waals surface area contributed by atoms with Crippen LogP contribution in [-0.4, -0.2) is 76.2 Å². The Morgan fingerprint density at radius 2 is 1.83 bits per heavy atom. The fourth-order valence-corrected chi connectivity index (χ4v) is 7.20. The van der Waals surface area contributed by atoms with Crippen molar-refractivity contribution in [1.29, 1.82) is 0 Å². The number of hydrogen-bond acceptors (Lipinski definition) is 6. The predicted octanol–water partition coefficient (Wildman–Crippen LogP) is 3.82. The Hall–Kier alpha value is -2.87. The van der Waals surface area contributed by atoms with E-state index < -0.39 is 0 Å². The Kier molecular flexibility index (Phi) is 5.79. The summed E-state index contributed by atoms with van der Waals surface area (Å²) in [5.41, 5.74) is 2.60. The van der Waals surface area contributed by atoms with Gasteiger partial charge in [0, 0.05) is 42.7 Å². The van der Waals surface area contributed by atoms with Gasteiger partial charge in [0.15, 0.2) is 0 Å². The number of benzene rings is 1. The van der Waals surface area contributed by atoms with E-state index in [4.69, 9.17) is 9.26 Å². The van der Waals surface area contributed by atoms with Gasteiger partial charge in [0.2, 0.25) is 5.76 Å². The zero-order chi connectivity index (χ0) is 24.0. The van der Waals surface area contributed by atoms with Gasteiger partial charge in [0.25, 0.3) is 5.91 Å². The lowest BCUT2D eigenvalue weighted by atomic mass is 9.68. The number of piperidine rings is 2. The molecule has 0 radical (unpaired) electrons. The SMILES string of the molecule is CCOC(=O)N1C2CCC1CC(N1CCC3(CC1)CN(C(=O)c1ccno1)Cc1ccccc13)C2. The molecule has 186 valence electrons. The lowest BCUT2D eigenvalue weighted by Gasteiger charge is -2.51. The van der Waals surface area contributed by atoms with Gasteiger partial charge in [0.05, 0.1) is 12.8 Å². The summed E-state index contributed by atoms with van der Waals surface area (Å²) < 4.78 is 10.5. The number of amides is 2. The topological polar surface area (TPSA) is 79.1 Å². The molecule has 1 aromatic heterocycles. The fourth-order valence-electron chi connectivity index (χ4n) is 7.20. The van der Waals surface area contributed by atoms with E-state index >= 15 is 0 Å². The van der Waals surface area contributed by atoms with E-state index in [-0.39, 0.29) is 17.4 Å². The van der Waals surface area contributed by atoms with Crippen molar-refractivity contribution in [1.82, 2.24) is 19.9 Å². The molecular formula is C27H34N4O4. The third-order valence-electron chi connectivity index (χ3n) is 8.84. The molecule has 2 atom stereocenters. The van der Waals surface area contributed by atoms with Crippen LogP contribution < -0.4 is 0 Å². The summed E-state index contributed by atoms with van der Waals surface area (Å²) in [4.78, 5) is 32.3. The highest BCUT2D eigenvalue weighted by Gasteiger charge is 2.48. The zero-order valence-electron chi connectivity index (χ0n) is 20.4. The molecule has 1 aromatic carbocycles. The summed E-state index contributed by atoms with van der Waals surface area (Å²) in [5, 5.41) is 3.73. The van der Waals surface area contributed by atoms with Crippen molar-refractivity contribution in [2.24, 2.45) is 0 Å². The summed E-state index contributed by atoms with van der Waals surface area (Å²) in [6, 6.07) is 11.4. The lowest BCUT2D eigenvalue weighted by molar-refractivity contribution is 0.0187. The normalized spacial score (nSPS) is 27.6. The molecule has 4 aliphatic heterocycles. The molecule has 1 spiro atoms. The van der Waals surface area contributed by atoms with Crippen LogP contribution in [0, 0.1) is 0 Å². The number of ether oxygens (including phenoxy) is 1. The number of hydrogen-bond donors (Lipinski definition) is 0. The van der Waals surface area contributed by atoms with Crippen molar-refractivity contribution in [3.05, 3.63) is 53.4 Å². The summed E-state index contributed by atoms with van der Waals surface area (Å²) in [5.74, 6) is 0.225. The number of rotatable bonds is 3. The first-order chi connectivity index (χ1) is 17.1. The predicted molar refractivity (Wildman–Crippen MR) is 129 cm³/mol. The van der Waals surface area contributed by atoms with Crippen LogP contribution in [0.1, 0.15) is 67.1 Å². The van der Waals surface area contributed by atoms with Gasteiger partial charge in [-0.25, -0.2) is 4.79 Å². The molecule has 3 fully saturated rings. The molecule has 35 heavy (non-hydrogen) atoms. The van der Waals surface area contributed by atoms with Gasteiger partial charge in [-0.05, 0) is 69.7 Å². The summed E-state index contributed by atoms with van der Waals surface area (Å²) in [7, 11) is 0. The number of fused-ring (bicyclic) bond motifs is 4. The standard InChI is InChI=1S/C27H34N4O4/c1-2-34-26(33)31-20-7-8-21(31)16-22(15-20)29-13-10-27(11-14-29)18-30(25(32)24-9-12-28-35-24)17-19-5-3-4-6-23(19)27/h3-6,9,12,20-22H,2,7-8,10-11,13-18H2,1H3.